The molecule has 0 aliphatic carbocycles. The van der Waals surface area contributed by atoms with E-state index in [-0.39, 0.29) is 28.2 Å². The molecule has 0 bridgehead atoms. The van der Waals surface area contributed by atoms with E-state index in [0.717, 1.165) is 6.07 Å². The maximum Gasteiger partial charge on any atom is 0.375 e. The molecule has 2 heterocycles. The van der Waals surface area contributed by atoms with Crippen LogP contribution >= 0.6 is 11.6 Å². The molecule has 0 unspecified atom stereocenters. The third kappa shape index (κ3) is 4.48. The van der Waals surface area contributed by atoms with Crippen LogP contribution in [0.4, 0.5) is 0 Å². The number of amides is 1. The van der Waals surface area contributed by atoms with E-state index in [0.29, 0.717) is 11.4 Å². The molecule has 1 saturated heterocycles. The van der Waals surface area contributed by atoms with Crippen LogP contribution in [0.3, 0.4) is 0 Å². The van der Waals surface area contributed by atoms with Gasteiger partial charge in [-0.25, -0.2) is 13.2 Å². The molecule has 1 aromatic heterocycles. The van der Waals surface area contributed by atoms with Gasteiger partial charge < -0.3 is 14.5 Å². The fourth-order valence-electron chi connectivity index (χ4n) is 2.73. The van der Waals surface area contributed by atoms with Gasteiger partial charge in [-0.1, -0.05) is 11.6 Å². The number of rotatable bonds is 4. The second kappa shape index (κ2) is 7.32. The molecule has 2 aromatic rings. The van der Waals surface area contributed by atoms with Gasteiger partial charge >= 0.3 is 5.97 Å². The summed E-state index contributed by atoms with van der Waals surface area (Å²) >= 11 is 5.83. The highest BCUT2D eigenvalue weighted by atomic mass is 35.5. The van der Waals surface area contributed by atoms with Crippen molar-refractivity contribution in [1.82, 2.24) is 5.32 Å². The number of nitrogens with one attached hydrogen (secondary N) is 1. The van der Waals surface area contributed by atoms with Gasteiger partial charge in [0.2, 0.25) is 5.76 Å². The third-order valence-corrected chi connectivity index (χ3v) is 6.13. The molecule has 1 fully saturated rings. The van der Waals surface area contributed by atoms with Crippen LogP contribution in [0, 0.1) is 0 Å². The van der Waals surface area contributed by atoms with Crippen molar-refractivity contribution in [3.05, 3.63) is 45.3 Å². The topological polar surface area (TPSA) is 120 Å². The van der Waals surface area contributed by atoms with Gasteiger partial charge in [0.15, 0.2) is 21.4 Å². The highest BCUT2D eigenvalue weighted by molar-refractivity contribution is 7.91. The lowest BCUT2D eigenvalue weighted by Crippen LogP contribution is -2.42. The highest BCUT2D eigenvalue weighted by Gasteiger charge is 2.31. The minimum atomic E-state index is -3.14. The SMILES string of the molecule is C[C@@H](OC(=O)c1cc(=O)c2cc(Cl)ccc2o1)C(=O)N[C@@H]1CCS(=O)(=O)C1. The quantitative estimate of drug-likeness (QED) is 0.750. The lowest BCUT2D eigenvalue weighted by atomic mass is 10.2. The highest BCUT2D eigenvalue weighted by Crippen LogP contribution is 2.18. The molecule has 8 nitrogen and oxygen atoms in total. The van der Waals surface area contributed by atoms with Crippen molar-refractivity contribution < 1.29 is 27.2 Å². The molecule has 0 saturated carbocycles. The van der Waals surface area contributed by atoms with E-state index >= 15 is 0 Å². The number of hydrogen-bond donors (Lipinski definition) is 1. The molecule has 0 spiro atoms. The average Bonchev–Trinajstić information content (AvgIpc) is 2.93. The predicted molar refractivity (Wildman–Crippen MR) is 97.6 cm³/mol. The zero-order valence-corrected chi connectivity index (χ0v) is 15.8. The average molecular weight is 414 g/mol. The van der Waals surface area contributed by atoms with E-state index < -0.39 is 39.3 Å². The molecule has 1 aliphatic rings. The molecule has 1 aliphatic heterocycles. The number of benzene rings is 1. The first-order valence-corrected chi connectivity index (χ1v) is 10.3. The van der Waals surface area contributed by atoms with Crippen molar-refractivity contribution in [2.24, 2.45) is 0 Å². The van der Waals surface area contributed by atoms with E-state index in [1.807, 2.05) is 0 Å². The Morgan fingerprint density at radius 3 is 2.74 bits per heavy atom. The van der Waals surface area contributed by atoms with E-state index in [1.165, 1.54) is 25.1 Å². The van der Waals surface area contributed by atoms with Gasteiger partial charge in [0, 0.05) is 17.1 Å². The second-order valence-electron chi connectivity index (χ2n) is 6.27. The zero-order chi connectivity index (χ0) is 19.8. The van der Waals surface area contributed by atoms with E-state index in [2.05, 4.69) is 5.32 Å². The minimum absolute atomic E-state index is 0.0123. The Kier molecular flexibility index (Phi) is 5.25. The van der Waals surface area contributed by atoms with Crippen LogP contribution in [0.15, 0.2) is 33.5 Å². The molecule has 3 rings (SSSR count). The van der Waals surface area contributed by atoms with Crippen molar-refractivity contribution in [2.45, 2.75) is 25.5 Å². The molecule has 10 heteroatoms. The van der Waals surface area contributed by atoms with Crippen molar-refractivity contribution in [3.63, 3.8) is 0 Å². The summed E-state index contributed by atoms with van der Waals surface area (Å²) in [4.78, 5) is 36.4. The standard InChI is InChI=1S/C17H16ClNO7S/c1-9(16(21)19-11-4-5-27(23,24)8-11)25-17(22)15-7-13(20)12-6-10(18)2-3-14(12)26-15/h2-3,6-7,9,11H,4-5,8H2,1H3,(H,19,21)/t9-,11-/m1/s1. The van der Waals surface area contributed by atoms with Gasteiger partial charge in [-0.3, -0.25) is 9.59 Å². The van der Waals surface area contributed by atoms with Gasteiger partial charge in [0.05, 0.1) is 16.9 Å². The summed E-state index contributed by atoms with van der Waals surface area (Å²) in [6.07, 6.45) is -0.872. The van der Waals surface area contributed by atoms with E-state index in [9.17, 15) is 22.8 Å². The van der Waals surface area contributed by atoms with Crippen molar-refractivity contribution in [2.75, 3.05) is 11.5 Å². The third-order valence-electron chi connectivity index (χ3n) is 4.12. The first-order chi connectivity index (χ1) is 12.6. The Labute approximate surface area is 159 Å². The lowest BCUT2D eigenvalue weighted by molar-refractivity contribution is -0.129. The monoisotopic (exact) mass is 413 g/mol. The zero-order valence-electron chi connectivity index (χ0n) is 14.2. The molecular weight excluding hydrogens is 398 g/mol. The molecule has 27 heavy (non-hydrogen) atoms. The van der Waals surface area contributed by atoms with E-state index in [4.69, 9.17) is 20.8 Å². The van der Waals surface area contributed by atoms with Crippen LogP contribution in [-0.2, 0) is 19.4 Å². The smallest absolute Gasteiger partial charge is 0.375 e. The molecule has 1 N–H and O–H groups in total. The van der Waals surface area contributed by atoms with Crippen LogP contribution in [0.25, 0.3) is 11.0 Å². The fraction of sp³-hybridized carbons (Fsp3) is 0.353. The summed E-state index contributed by atoms with van der Waals surface area (Å²) in [6, 6.07) is 4.84. The number of halogens is 1. The summed E-state index contributed by atoms with van der Waals surface area (Å²) in [5.41, 5.74) is -0.314. The summed E-state index contributed by atoms with van der Waals surface area (Å²) in [5, 5.41) is 3.10. The number of esters is 1. The Morgan fingerprint density at radius 1 is 1.33 bits per heavy atom. The molecule has 0 radical (unpaired) electrons. The van der Waals surface area contributed by atoms with Crippen LogP contribution in [0.2, 0.25) is 5.02 Å². The molecule has 2 atom stereocenters. The largest absolute Gasteiger partial charge is 0.449 e. The Morgan fingerprint density at radius 2 is 2.07 bits per heavy atom. The second-order valence-corrected chi connectivity index (χ2v) is 8.94. The van der Waals surface area contributed by atoms with Crippen LogP contribution in [0.1, 0.15) is 23.9 Å². The number of sulfone groups is 1. The Bertz CT molecular complexity index is 1080. The number of hydrogen-bond acceptors (Lipinski definition) is 7. The maximum absolute atomic E-state index is 12.2. The summed E-state index contributed by atoms with van der Waals surface area (Å²) in [5.74, 6) is -2.08. The Hall–Kier alpha value is -2.39. The molecular formula is C17H16ClNO7S. The van der Waals surface area contributed by atoms with Crippen molar-refractivity contribution >= 4 is 44.3 Å². The normalized spacial score (nSPS) is 19.6. The maximum atomic E-state index is 12.2. The first kappa shape index (κ1) is 19.4. The van der Waals surface area contributed by atoms with Crippen molar-refractivity contribution in [1.29, 1.82) is 0 Å². The summed E-state index contributed by atoms with van der Waals surface area (Å²) in [7, 11) is -3.14. The number of carbonyl (C=O) groups excluding carboxylic acids is 2. The van der Waals surface area contributed by atoms with Crippen molar-refractivity contribution in [3.8, 4) is 0 Å². The number of carbonyl (C=O) groups is 2. The molecule has 144 valence electrons. The van der Waals surface area contributed by atoms with Crippen LogP contribution in [0.5, 0.6) is 0 Å². The minimum Gasteiger partial charge on any atom is -0.449 e. The number of ether oxygens (including phenoxy) is 1. The fourth-order valence-corrected chi connectivity index (χ4v) is 4.57. The van der Waals surface area contributed by atoms with Crippen LogP contribution in [-0.4, -0.2) is 43.9 Å². The predicted octanol–water partition coefficient (Wildman–Crippen LogP) is 1.29. The van der Waals surface area contributed by atoms with Gasteiger partial charge in [0.1, 0.15) is 5.58 Å². The Balaban J connectivity index is 1.69. The van der Waals surface area contributed by atoms with Gasteiger partial charge in [-0.2, -0.15) is 0 Å². The van der Waals surface area contributed by atoms with E-state index in [1.54, 1.807) is 0 Å². The molecule has 1 amide bonds. The molecule has 1 aromatic carbocycles. The summed E-state index contributed by atoms with van der Waals surface area (Å²) in [6.45, 7) is 1.34. The van der Waals surface area contributed by atoms with Crippen LogP contribution < -0.4 is 10.7 Å². The first-order valence-electron chi connectivity index (χ1n) is 8.10. The summed E-state index contributed by atoms with van der Waals surface area (Å²) < 4.78 is 33.2. The lowest BCUT2D eigenvalue weighted by Gasteiger charge is -2.16. The number of fused-ring (bicyclic) bond motifs is 1. The van der Waals surface area contributed by atoms with Gasteiger partial charge in [0.25, 0.3) is 5.91 Å². The van der Waals surface area contributed by atoms with Gasteiger partial charge in [-0.05, 0) is 31.5 Å². The van der Waals surface area contributed by atoms with Gasteiger partial charge in [-0.15, -0.1) is 0 Å².